The Hall–Kier alpha value is -0.240. The fourth-order valence-corrected chi connectivity index (χ4v) is 2.04. The van der Waals surface area contributed by atoms with Crippen LogP contribution in [0.15, 0.2) is 0 Å². The standard InChI is InChI=1S/C14H28ClNO/c1-3-4-5-6-7-8-9-10-13-16(2)14(17)11-12-15/h3-13H2,1-2H3. The second-order valence-electron chi connectivity index (χ2n) is 4.73. The zero-order chi connectivity index (χ0) is 12.9. The first kappa shape index (κ1) is 16.8. The fourth-order valence-electron chi connectivity index (χ4n) is 1.88. The molecule has 0 fully saturated rings. The van der Waals surface area contributed by atoms with Crippen LogP contribution in [0.4, 0.5) is 0 Å². The minimum atomic E-state index is 0.169. The molecule has 3 heteroatoms. The largest absolute Gasteiger partial charge is 0.346 e. The van der Waals surface area contributed by atoms with Crippen molar-refractivity contribution in [2.45, 2.75) is 64.7 Å². The van der Waals surface area contributed by atoms with Gasteiger partial charge in [-0.2, -0.15) is 0 Å². The summed E-state index contributed by atoms with van der Waals surface area (Å²) >= 11 is 5.54. The normalized spacial score (nSPS) is 10.5. The van der Waals surface area contributed by atoms with Crippen LogP contribution in [0, 0.1) is 0 Å². The minimum Gasteiger partial charge on any atom is -0.346 e. The molecule has 0 atom stereocenters. The summed E-state index contributed by atoms with van der Waals surface area (Å²) in [4.78, 5) is 13.2. The topological polar surface area (TPSA) is 20.3 Å². The Morgan fingerprint density at radius 3 is 2.06 bits per heavy atom. The SMILES string of the molecule is CCCCCCCCCCN(C)C(=O)CCCl. The van der Waals surface area contributed by atoms with Crippen LogP contribution in [-0.2, 0) is 4.79 Å². The molecule has 0 saturated heterocycles. The van der Waals surface area contributed by atoms with Gasteiger partial charge >= 0.3 is 0 Å². The average Bonchev–Trinajstić information content (AvgIpc) is 2.32. The molecule has 0 aromatic carbocycles. The Morgan fingerprint density at radius 1 is 1.00 bits per heavy atom. The van der Waals surface area contributed by atoms with E-state index in [1.165, 1.54) is 44.9 Å². The zero-order valence-corrected chi connectivity index (χ0v) is 12.3. The number of nitrogens with zero attached hydrogens (tertiary/aromatic N) is 1. The van der Waals surface area contributed by atoms with Gasteiger partial charge in [-0.25, -0.2) is 0 Å². The molecule has 2 nitrogen and oxygen atoms in total. The highest BCUT2D eigenvalue weighted by molar-refractivity contribution is 6.18. The number of hydrogen-bond acceptors (Lipinski definition) is 1. The monoisotopic (exact) mass is 261 g/mol. The Morgan fingerprint density at radius 2 is 1.53 bits per heavy atom. The van der Waals surface area contributed by atoms with Crippen LogP contribution >= 0.6 is 11.6 Å². The van der Waals surface area contributed by atoms with Crippen molar-refractivity contribution in [1.29, 1.82) is 0 Å². The first-order valence-electron chi connectivity index (χ1n) is 7.02. The van der Waals surface area contributed by atoms with E-state index in [9.17, 15) is 4.79 Å². The van der Waals surface area contributed by atoms with E-state index in [0.717, 1.165) is 13.0 Å². The highest BCUT2D eigenvalue weighted by Gasteiger charge is 2.06. The molecular weight excluding hydrogens is 234 g/mol. The maximum absolute atomic E-state index is 11.4. The van der Waals surface area contributed by atoms with Crippen molar-refractivity contribution >= 4 is 17.5 Å². The highest BCUT2D eigenvalue weighted by Crippen LogP contribution is 2.08. The minimum absolute atomic E-state index is 0.169. The van der Waals surface area contributed by atoms with Gasteiger partial charge in [0.15, 0.2) is 0 Å². The number of unbranched alkanes of at least 4 members (excludes halogenated alkanes) is 7. The molecule has 0 N–H and O–H groups in total. The van der Waals surface area contributed by atoms with Gasteiger partial charge in [-0.15, -0.1) is 11.6 Å². The van der Waals surface area contributed by atoms with Crippen molar-refractivity contribution in [2.75, 3.05) is 19.5 Å². The molecule has 1 amide bonds. The lowest BCUT2D eigenvalue weighted by atomic mass is 10.1. The second kappa shape index (κ2) is 12.2. The van der Waals surface area contributed by atoms with E-state index in [-0.39, 0.29) is 5.91 Å². The van der Waals surface area contributed by atoms with Gasteiger partial charge in [-0.05, 0) is 6.42 Å². The van der Waals surface area contributed by atoms with E-state index in [1.807, 2.05) is 7.05 Å². The molecule has 0 radical (unpaired) electrons. The molecule has 0 aliphatic heterocycles. The maximum Gasteiger partial charge on any atom is 0.223 e. The van der Waals surface area contributed by atoms with Gasteiger partial charge in [-0.1, -0.05) is 51.9 Å². The summed E-state index contributed by atoms with van der Waals surface area (Å²) in [7, 11) is 1.87. The van der Waals surface area contributed by atoms with E-state index in [4.69, 9.17) is 11.6 Å². The number of hydrogen-bond donors (Lipinski definition) is 0. The predicted octanol–water partition coefficient (Wildman–Crippen LogP) is 4.21. The van der Waals surface area contributed by atoms with Crippen LogP contribution in [0.2, 0.25) is 0 Å². The van der Waals surface area contributed by atoms with Gasteiger partial charge in [0.2, 0.25) is 5.91 Å². The number of alkyl halides is 1. The third-order valence-corrected chi connectivity index (χ3v) is 3.27. The summed E-state index contributed by atoms with van der Waals surface area (Å²) in [6, 6.07) is 0. The number of carbonyl (C=O) groups is 1. The third-order valence-electron chi connectivity index (χ3n) is 3.08. The molecule has 0 unspecified atom stereocenters. The molecule has 0 aliphatic carbocycles. The van der Waals surface area contributed by atoms with Gasteiger partial charge in [-0.3, -0.25) is 4.79 Å². The van der Waals surface area contributed by atoms with Crippen LogP contribution in [0.1, 0.15) is 64.7 Å². The van der Waals surface area contributed by atoms with E-state index in [1.54, 1.807) is 4.90 Å². The molecular formula is C14H28ClNO. The van der Waals surface area contributed by atoms with Crippen molar-refractivity contribution in [3.05, 3.63) is 0 Å². The number of rotatable bonds is 11. The van der Waals surface area contributed by atoms with Crippen molar-refractivity contribution in [1.82, 2.24) is 4.90 Å². The van der Waals surface area contributed by atoms with Crippen LogP contribution in [0.5, 0.6) is 0 Å². The quantitative estimate of drug-likeness (QED) is 0.403. The smallest absolute Gasteiger partial charge is 0.223 e. The van der Waals surface area contributed by atoms with Crippen LogP contribution in [-0.4, -0.2) is 30.3 Å². The fraction of sp³-hybridized carbons (Fsp3) is 0.929. The van der Waals surface area contributed by atoms with Gasteiger partial charge in [0, 0.05) is 25.9 Å². The lowest BCUT2D eigenvalue weighted by Gasteiger charge is -2.16. The summed E-state index contributed by atoms with van der Waals surface area (Å²) in [6.07, 6.45) is 10.9. The van der Waals surface area contributed by atoms with Gasteiger partial charge in [0.1, 0.15) is 0 Å². The summed E-state index contributed by atoms with van der Waals surface area (Å²) < 4.78 is 0. The Labute approximate surface area is 112 Å². The summed E-state index contributed by atoms with van der Waals surface area (Å²) in [5, 5.41) is 0. The molecule has 0 bridgehead atoms. The van der Waals surface area contributed by atoms with Crippen LogP contribution in [0.3, 0.4) is 0 Å². The van der Waals surface area contributed by atoms with Gasteiger partial charge in [0.25, 0.3) is 0 Å². The molecule has 17 heavy (non-hydrogen) atoms. The lowest BCUT2D eigenvalue weighted by molar-refractivity contribution is -0.129. The molecule has 0 spiro atoms. The maximum atomic E-state index is 11.4. The first-order valence-corrected chi connectivity index (χ1v) is 7.55. The van der Waals surface area contributed by atoms with Crippen molar-refractivity contribution in [3.8, 4) is 0 Å². The highest BCUT2D eigenvalue weighted by atomic mass is 35.5. The Kier molecular flexibility index (Phi) is 12.1. The predicted molar refractivity (Wildman–Crippen MR) is 75.6 cm³/mol. The summed E-state index contributed by atoms with van der Waals surface area (Å²) in [6.45, 7) is 3.12. The molecule has 0 rings (SSSR count). The van der Waals surface area contributed by atoms with E-state index in [0.29, 0.717) is 12.3 Å². The number of amides is 1. The average molecular weight is 262 g/mol. The van der Waals surface area contributed by atoms with Gasteiger partial charge in [0.05, 0.1) is 0 Å². The molecule has 0 heterocycles. The summed E-state index contributed by atoms with van der Waals surface area (Å²) in [5.74, 6) is 0.601. The summed E-state index contributed by atoms with van der Waals surface area (Å²) in [5.41, 5.74) is 0. The van der Waals surface area contributed by atoms with Gasteiger partial charge < -0.3 is 4.90 Å². The Bertz CT molecular complexity index is 185. The lowest BCUT2D eigenvalue weighted by Crippen LogP contribution is -2.27. The zero-order valence-electron chi connectivity index (χ0n) is 11.5. The molecule has 0 aromatic heterocycles. The van der Waals surface area contributed by atoms with E-state index in [2.05, 4.69) is 6.92 Å². The molecule has 102 valence electrons. The molecule has 0 aromatic rings. The Balaban J connectivity index is 3.24. The second-order valence-corrected chi connectivity index (χ2v) is 5.11. The third kappa shape index (κ3) is 10.6. The number of halogens is 1. The van der Waals surface area contributed by atoms with Crippen molar-refractivity contribution in [2.24, 2.45) is 0 Å². The molecule has 0 aliphatic rings. The van der Waals surface area contributed by atoms with E-state index < -0.39 is 0 Å². The van der Waals surface area contributed by atoms with Crippen molar-refractivity contribution in [3.63, 3.8) is 0 Å². The van der Waals surface area contributed by atoms with E-state index >= 15 is 0 Å². The number of carbonyl (C=O) groups excluding carboxylic acids is 1. The van der Waals surface area contributed by atoms with Crippen LogP contribution < -0.4 is 0 Å². The van der Waals surface area contributed by atoms with Crippen LogP contribution in [0.25, 0.3) is 0 Å². The molecule has 0 saturated carbocycles. The first-order chi connectivity index (χ1) is 8.22. The van der Waals surface area contributed by atoms with Crippen molar-refractivity contribution < 1.29 is 4.79 Å².